The maximum absolute atomic E-state index is 12.9. The Kier molecular flexibility index (Phi) is 9.32. The van der Waals surface area contributed by atoms with Gasteiger partial charge in [0.25, 0.3) is 0 Å². The predicted octanol–water partition coefficient (Wildman–Crippen LogP) is 5.36. The second-order valence-corrected chi connectivity index (χ2v) is 10.9. The van der Waals surface area contributed by atoms with Gasteiger partial charge in [-0.1, -0.05) is 35.3 Å². The Morgan fingerprint density at radius 3 is 2.54 bits per heavy atom. The topological polar surface area (TPSA) is 68.8 Å². The van der Waals surface area contributed by atoms with Crippen molar-refractivity contribution in [1.29, 1.82) is 0 Å². The van der Waals surface area contributed by atoms with E-state index in [9.17, 15) is 9.59 Å². The average molecular weight is 547 g/mol. The monoisotopic (exact) mass is 545 g/mol. The first-order valence-electron chi connectivity index (χ1n) is 13.3. The van der Waals surface area contributed by atoms with Crippen molar-refractivity contribution in [3.63, 3.8) is 0 Å². The highest BCUT2D eigenvalue weighted by Gasteiger charge is 2.41. The summed E-state index contributed by atoms with van der Waals surface area (Å²) >= 11 is 12.7. The molecule has 0 radical (unpaired) electrons. The number of benzene rings is 1. The minimum absolute atomic E-state index is 0.0310. The van der Waals surface area contributed by atoms with Crippen LogP contribution in [-0.4, -0.2) is 72.0 Å². The van der Waals surface area contributed by atoms with E-state index in [4.69, 9.17) is 23.2 Å². The highest BCUT2D eigenvalue weighted by Crippen LogP contribution is 2.41. The van der Waals surface area contributed by atoms with Crippen LogP contribution < -0.4 is 10.2 Å². The number of amides is 3. The molecule has 2 aliphatic rings. The number of rotatable bonds is 8. The standard InChI is InChI=1S/C28H37Cl2N5O2/c1-3-34(4-2)27(37)32-22-11-16-33(17-12-22)18-14-28(21-8-9-23(29)24(30)19-21)13-10-26(36)35(20-28)25-7-5-6-15-31-25/h5-9,15,19,22H,3-4,10-14,16-18,20H2,1-2H3,(H,32,37). The molecule has 200 valence electrons. The number of anilines is 1. The number of hydrogen-bond donors (Lipinski definition) is 1. The molecular weight excluding hydrogens is 509 g/mol. The van der Waals surface area contributed by atoms with E-state index in [1.54, 1.807) is 6.20 Å². The number of nitrogens with one attached hydrogen (secondary N) is 1. The first-order chi connectivity index (χ1) is 17.8. The van der Waals surface area contributed by atoms with Gasteiger partial charge in [-0.15, -0.1) is 0 Å². The van der Waals surface area contributed by atoms with Crippen LogP contribution in [0.25, 0.3) is 0 Å². The number of carbonyl (C=O) groups is 2. The van der Waals surface area contributed by atoms with E-state index < -0.39 is 0 Å². The van der Waals surface area contributed by atoms with Crippen molar-refractivity contribution in [2.75, 3.05) is 44.2 Å². The van der Waals surface area contributed by atoms with Gasteiger partial charge in [0.05, 0.1) is 10.0 Å². The number of nitrogens with zero attached hydrogens (tertiary/aromatic N) is 4. The van der Waals surface area contributed by atoms with Crippen molar-refractivity contribution >= 4 is 41.0 Å². The van der Waals surface area contributed by atoms with Gasteiger partial charge < -0.3 is 15.1 Å². The minimum atomic E-state index is -0.256. The molecule has 2 fully saturated rings. The maximum Gasteiger partial charge on any atom is 0.317 e. The molecule has 1 atom stereocenters. The lowest BCUT2D eigenvalue weighted by Gasteiger charge is -2.44. The summed E-state index contributed by atoms with van der Waals surface area (Å²) in [4.78, 5) is 36.0. The molecule has 0 spiro atoms. The van der Waals surface area contributed by atoms with Crippen molar-refractivity contribution < 1.29 is 9.59 Å². The van der Waals surface area contributed by atoms with Gasteiger partial charge in [-0.3, -0.25) is 9.69 Å². The Morgan fingerprint density at radius 1 is 1.14 bits per heavy atom. The van der Waals surface area contributed by atoms with Crippen molar-refractivity contribution in [3.05, 3.63) is 58.2 Å². The lowest BCUT2D eigenvalue weighted by molar-refractivity contribution is -0.120. The fourth-order valence-corrected chi connectivity index (χ4v) is 5.83. The Bertz CT molecular complexity index is 1070. The number of piperidine rings is 2. The SMILES string of the molecule is CCN(CC)C(=O)NC1CCN(CCC2(c3ccc(Cl)c(Cl)c3)CCC(=O)N(c3ccccn3)C2)CC1. The van der Waals surface area contributed by atoms with Gasteiger partial charge >= 0.3 is 6.03 Å². The molecule has 1 aromatic heterocycles. The summed E-state index contributed by atoms with van der Waals surface area (Å²) in [5.74, 6) is 0.778. The molecule has 3 heterocycles. The average Bonchev–Trinajstić information content (AvgIpc) is 2.92. The van der Waals surface area contributed by atoms with E-state index >= 15 is 0 Å². The first kappa shape index (κ1) is 27.7. The smallest absolute Gasteiger partial charge is 0.317 e. The lowest BCUT2D eigenvalue weighted by Crippen LogP contribution is -2.52. The molecule has 0 saturated carbocycles. The molecule has 3 amide bonds. The summed E-state index contributed by atoms with van der Waals surface area (Å²) in [6, 6.07) is 11.8. The molecule has 7 nitrogen and oxygen atoms in total. The summed E-state index contributed by atoms with van der Waals surface area (Å²) < 4.78 is 0. The molecule has 0 bridgehead atoms. The Hall–Kier alpha value is -2.35. The van der Waals surface area contributed by atoms with Crippen LogP contribution in [0.5, 0.6) is 0 Å². The molecule has 2 saturated heterocycles. The predicted molar refractivity (Wildman–Crippen MR) is 149 cm³/mol. The highest BCUT2D eigenvalue weighted by atomic mass is 35.5. The number of pyridine rings is 1. The van der Waals surface area contributed by atoms with Crippen LogP contribution in [0.2, 0.25) is 10.0 Å². The zero-order valence-electron chi connectivity index (χ0n) is 21.8. The Morgan fingerprint density at radius 2 is 1.89 bits per heavy atom. The molecule has 37 heavy (non-hydrogen) atoms. The van der Waals surface area contributed by atoms with E-state index in [0.29, 0.717) is 28.8 Å². The van der Waals surface area contributed by atoms with Crippen LogP contribution >= 0.6 is 23.2 Å². The van der Waals surface area contributed by atoms with Crippen molar-refractivity contribution in [2.24, 2.45) is 0 Å². The fraction of sp³-hybridized carbons (Fsp3) is 0.536. The number of carbonyl (C=O) groups excluding carboxylic acids is 2. The third-order valence-electron chi connectivity index (χ3n) is 7.91. The van der Waals surface area contributed by atoms with Gasteiger partial charge in [-0.05, 0) is 75.9 Å². The Balaban J connectivity index is 1.46. The number of aromatic nitrogens is 1. The number of likely N-dealkylation sites (tertiary alicyclic amines) is 1. The van der Waals surface area contributed by atoms with E-state index in [1.165, 1.54) is 0 Å². The van der Waals surface area contributed by atoms with Crippen LogP contribution in [0.1, 0.15) is 51.5 Å². The van der Waals surface area contributed by atoms with Crippen molar-refractivity contribution in [1.82, 2.24) is 20.1 Å². The molecule has 1 N–H and O–H groups in total. The third kappa shape index (κ3) is 6.57. The van der Waals surface area contributed by atoms with Crippen molar-refractivity contribution in [3.8, 4) is 0 Å². The fourth-order valence-electron chi connectivity index (χ4n) is 5.53. The van der Waals surface area contributed by atoms with E-state index in [2.05, 4.69) is 21.3 Å². The van der Waals surface area contributed by atoms with Gasteiger partial charge in [0, 0.05) is 56.8 Å². The quantitative estimate of drug-likeness (QED) is 0.484. The molecule has 1 aromatic carbocycles. The Labute approximate surface area is 230 Å². The summed E-state index contributed by atoms with van der Waals surface area (Å²) in [5, 5.41) is 4.27. The summed E-state index contributed by atoms with van der Waals surface area (Å²) in [6.45, 7) is 8.77. The minimum Gasteiger partial charge on any atom is -0.335 e. The second kappa shape index (κ2) is 12.5. The van der Waals surface area contributed by atoms with Gasteiger partial charge in [-0.25, -0.2) is 9.78 Å². The van der Waals surface area contributed by atoms with Gasteiger partial charge in [0.15, 0.2) is 0 Å². The van der Waals surface area contributed by atoms with Crippen LogP contribution in [-0.2, 0) is 10.2 Å². The number of halogens is 2. The van der Waals surface area contributed by atoms with E-state index in [1.807, 2.05) is 54.0 Å². The van der Waals surface area contributed by atoms with E-state index in [0.717, 1.165) is 64.0 Å². The normalized spacial score (nSPS) is 21.2. The molecule has 0 aliphatic carbocycles. The zero-order chi connectivity index (χ0) is 26.4. The third-order valence-corrected chi connectivity index (χ3v) is 8.65. The molecular formula is C28H37Cl2N5O2. The molecule has 4 rings (SSSR count). The molecule has 9 heteroatoms. The zero-order valence-corrected chi connectivity index (χ0v) is 23.3. The summed E-state index contributed by atoms with van der Waals surface area (Å²) in [6.07, 6.45) is 5.69. The maximum atomic E-state index is 12.9. The number of hydrogen-bond acceptors (Lipinski definition) is 4. The van der Waals surface area contributed by atoms with Crippen LogP contribution in [0, 0.1) is 0 Å². The van der Waals surface area contributed by atoms with Gasteiger partial charge in [0.1, 0.15) is 5.82 Å². The summed E-state index contributed by atoms with van der Waals surface area (Å²) in [5.41, 5.74) is 0.852. The second-order valence-electron chi connectivity index (χ2n) is 10.1. The van der Waals surface area contributed by atoms with E-state index in [-0.39, 0.29) is 23.4 Å². The molecule has 2 aromatic rings. The van der Waals surface area contributed by atoms with Crippen LogP contribution in [0.4, 0.5) is 10.6 Å². The summed E-state index contributed by atoms with van der Waals surface area (Å²) in [7, 11) is 0. The van der Waals surface area contributed by atoms with Crippen LogP contribution in [0.15, 0.2) is 42.6 Å². The van der Waals surface area contributed by atoms with Crippen LogP contribution in [0.3, 0.4) is 0 Å². The lowest BCUT2D eigenvalue weighted by atomic mass is 9.71. The van der Waals surface area contributed by atoms with Gasteiger partial charge in [0.2, 0.25) is 5.91 Å². The molecule has 2 aliphatic heterocycles. The largest absolute Gasteiger partial charge is 0.335 e. The first-order valence-corrected chi connectivity index (χ1v) is 14.1. The molecule has 1 unspecified atom stereocenters. The van der Waals surface area contributed by atoms with Crippen molar-refractivity contribution in [2.45, 2.75) is 57.4 Å². The highest BCUT2D eigenvalue weighted by molar-refractivity contribution is 6.42. The van der Waals surface area contributed by atoms with Gasteiger partial charge in [-0.2, -0.15) is 0 Å². The number of urea groups is 1.